The second-order valence-corrected chi connectivity index (χ2v) is 8.46. The molecule has 1 heterocycles. The molecule has 2 atom stereocenters. The van der Waals surface area contributed by atoms with Gasteiger partial charge in [-0.3, -0.25) is 0 Å². The first-order valence-corrected chi connectivity index (χ1v) is 11.2. The molecule has 0 saturated carbocycles. The summed E-state index contributed by atoms with van der Waals surface area (Å²) >= 11 is 3.61. The van der Waals surface area contributed by atoms with E-state index in [1.807, 2.05) is 67.6 Å². The Hall–Kier alpha value is -2.74. The fourth-order valence-corrected chi connectivity index (χ4v) is 4.13. The second kappa shape index (κ2) is 10.3. The Kier molecular flexibility index (Phi) is 7.19. The van der Waals surface area contributed by atoms with Crippen molar-refractivity contribution in [3.05, 3.63) is 81.8 Å². The topological polar surface area (TPSA) is 69.2 Å². The van der Waals surface area contributed by atoms with Crippen LogP contribution in [0.1, 0.15) is 29.7 Å². The van der Waals surface area contributed by atoms with Gasteiger partial charge in [-0.2, -0.15) is 0 Å². The Labute approximate surface area is 196 Å². The lowest BCUT2D eigenvalue weighted by molar-refractivity contribution is 0.135. The van der Waals surface area contributed by atoms with Gasteiger partial charge in [0, 0.05) is 12.6 Å². The maximum absolute atomic E-state index is 10.6. The van der Waals surface area contributed by atoms with Gasteiger partial charge in [0.25, 0.3) is 0 Å². The van der Waals surface area contributed by atoms with E-state index in [0.717, 1.165) is 32.7 Å². The maximum atomic E-state index is 10.6. The summed E-state index contributed by atoms with van der Waals surface area (Å²) in [6.45, 7) is 3.15. The minimum absolute atomic E-state index is 0.121. The molecule has 2 N–H and O–H groups in total. The number of methoxy groups -OCH3 is 1. The molecule has 6 nitrogen and oxygen atoms in total. The van der Waals surface area contributed by atoms with Gasteiger partial charge in [0.05, 0.1) is 17.7 Å². The molecule has 0 amide bonds. The zero-order valence-corrected chi connectivity index (χ0v) is 19.6. The molecule has 32 heavy (non-hydrogen) atoms. The van der Waals surface area contributed by atoms with Crippen molar-refractivity contribution >= 4 is 15.9 Å². The van der Waals surface area contributed by atoms with Crippen molar-refractivity contribution in [2.75, 3.05) is 13.9 Å². The molecular weight excluding hydrogens is 474 g/mol. The van der Waals surface area contributed by atoms with Crippen molar-refractivity contribution < 1.29 is 24.1 Å². The Morgan fingerprint density at radius 3 is 2.59 bits per heavy atom. The number of aliphatic hydroxyl groups excluding tert-OH is 1. The van der Waals surface area contributed by atoms with Gasteiger partial charge < -0.3 is 29.4 Å². The van der Waals surface area contributed by atoms with E-state index in [9.17, 15) is 5.11 Å². The summed E-state index contributed by atoms with van der Waals surface area (Å²) in [6.07, 6.45) is -0.592. The molecule has 3 aromatic rings. The monoisotopic (exact) mass is 499 g/mol. The summed E-state index contributed by atoms with van der Waals surface area (Å²) in [4.78, 5) is 0. The molecule has 7 heteroatoms. The molecule has 2 unspecified atom stereocenters. The lowest BCUT2D eigenvalue weighted by atomic mass is 10.0. The van der Waals surface area contributed by atoms with Crippen LogP contribution in [0.3, 0.4) is 0 Å². The van der Waals surface area contributed by atoms with E-state index < -0.39 is 6.10 Å². The van der Waals surface area contributed by atoms with E-state index >= 15 is 0 Å². The third-order valence-corrected chi connectivity index (χ3v) is 5.94. The third kappa shape index (κ3) is 5.18. The van der Waals surface area contributed by atoms with Crippen molar-refractivity contribution in [3.8, 4) is 23.0 Å². The lowest BCUT2D eigenvalue weighted by Crippen LogP contribution is -2.31. The van der Waals surface area contributed by atoms with Crippen LogP contribution in [0.25, 0.3) is 0 Å². The van der Waals surface area contributed by atoms with Gasteiger partial charge in [0.2, 0.25) is 6.79 Å². The van der Waals surface area contributed by atoms with E-state index in [4.69, 9.17) is 18.9 Å². The average molecular weight is 500 g/mol. The molecule has 3 aromatic carbocycles. The van der Waals surface area contributed by atoms with Crippen molar-refractivity contribution in [3.63, 3.8) is 0 Å². The first-order chi connectivity index (χ1) is 15.5. The molecular formula is C25H26BrNO5. The highest BCUT2D eigenvalue weighted by atomic mass is 79.9. The molecule has 0 fully saturated rings. The Balaban J connectivity index is 1.40. The minimum atomic E-state index is -0.592. The summed E-state index contributed by atoms with van der Waals surface area (Å²) < 4.78 is 23.2. The third-order valence-electron chi connectivity index (χ3n) is 5.35. The van der Waals surface area contributed by atoms with Crippen LogP contribution in [0.4, 0.5) is 0 Å². The quantitative estimate of drug-likeness (QED) is 0.432. The van der Waals surface area contributed by atoms with Crippen molar-refractivity contribution in [1.82, 2.24) is 5.32 Å². The zero-order valence-electron chi connectivity index (χ0n) is 18.0. The molecule has 0 spiro atoms. The SMILES string of the molecule is COc1cc(CNC(C)C(O)c2ccccc2)cc(Br)c1OCc1ccc2c(c1)OCO2. The van der Waals surface area contributed by atoms with Crippen molar-refractivity contribution in [1.29, 1.82) is 0 Å². The first-order valence-electron chi connectivity index (χ1n) is 10.4. The minimum Gasteiger partial charge on any atom is -0.493 e. The van der Waals surface area contributed by atoms with Crippen LogP contribution in [0.2, 0.25) is 0 Å². The molecule has 0 bridgehead atoms. The fraction of sp³-hybridized carbons (Fsp3) is 0.280. The molecule has 4 rings (SSSR count). The predicted octanol–water partition coefficient (Wildman–Crippen LogP) is 4.98. The van der Waals surface area contributed by atoms with E-state index in [2.05, 4.69) is 21.2 Å². The summed E-state index contributed by atoms with van der Waals surface area (Å²) in [7, 11) is 1.62. The number of hydrogen-bond acceptors (Lipinski definition) is 6. The van der Waals surface area contributed by atoms with Crippen LogP contribution < -0.4 is 24.3 Å². The van der Waals surface area contributed by atoms with Gasteiger partial charge in [-0.25, -0.2) is 0 Å². The molecule has 1 aliphatic heterocycles. The summed E-state index contributed by atoms with van der Waals surface area (Å²) in [5, 5.41) is 14.0. The largest absolute Gasteiger partial charge is 0.493 e. The van der Waals surface area contributed by atoms with Gasteiger partial charge in [-0.05, 0) is 63.8 Å². The molecule has 168 valence electrons. The van der Waals surface area contributed by atoms with Crippen LogP contribution in [0.15, 0.2) is 65.1 Å². The highest BCUT2D eigenvalue weighted by Gasteiger charge is 2.18. The number of rotatable bonds is 9. The highest BCUT2D eigenvalue weighted by molar-refractivity contribution is 9.10. The van der Waals surface area contributed by atoms with E-state index in [-0.39, 0.29) is 12.8 Å². The number of hydrogen-bond donors (Lipinski definition) is 2. The zero-order chi connectivity index (χ0) is 22.5. The number of benzene rings is 3. The Morgan fingerprint density at radius 1 is 1.03 bits per heavy atom. The second-order valence-electron chi connectivity index (χ2n) is 7.61. The predicted molar refractivity (Wildman–Crippen MR) is 125 cm³/mol. The molecule has 1 aliphatic rings. The van der Waals surface area contributed by atoms with Gasteiger partial charge in [-0.15, -0.1) is 0 Å². The smallest absolute Gasteiger partial charge is 0.231 e. The molecule has 0 radical (unpaired) electrons. The highest BCUT2D eigenvalue weighted by Crippen LogP contribution is 2.38. The van der Waals surface area contributed by atoms with E-state index in [0.29, 0.717) is 24.7 Å². The molecule has 0 aliphatic carbocycles. The normalized spacial score (nSPS) is 14.1. The number of nitrogens with one attached hydrogen (secondary N) is 1. The van der Waals surface area contributed by atoms with Crippen LogP contribution in [0, 0.1) is 0 Å². The molecule has 0 aromatic heterocycles. The van der Waals surface area contributed by atoms with Gasteiger partial charge in [0.15, 0.2) is 23.0 Å². The summed E-state index contributed by atoms with van der Waals surface area (Å²) in [6, 6.07) is 19.2. The number of aliphatic hydroxyl groups is 1. The van der Waals surface area contributed by atoms with Crippen LogP contribution >= 0.6 is 15.9 Å². The van der Waals surface area contributed by atoms with Gasteiger partial charge in [-0.1, -0.05) is 36.4 Å². The summed E-state index contributed by atoms with van der Waals surface area (Å²) in [5.74, 6) is 2.74. The Morgan fingerprint density at radius 2 is 1.81 bits per heavy atom. The average Bonchev–Trinajstić information content (AvgIpc) is 3.29. The van der Waals surface area contributed by atoms with Crippen LogP contribution in [-0.2, 0) is 13.2 Å². The van der Waals surface area contributed by atoms with Crippen molar-refractivity contribution in [2.45, 2.75) is 32.2 Å². The fourth-order valence-electron chi connectivity index (χ4n) is 3.53. The van der Waals surface area contributed by atoms with Crippen molar-refractivity contribution in [2.24, 2.45) is 0 Å². The molecule has 0 saturated heterocycles. The summed E-state index contributed by atoms with van der Waals surface area (Å²) in [5.41, 5.74) is 2.87. The Bertz CT molecular complexity index is 1060. The maximum Gasteiger partial charge on any atom is 0.231 e. The standard InChI is InChI=1S/C25H26BrNO5/c1-16(24(28)19-6-4-3-5-7-19)27-13-18-10-20(26)25(23(12-18)29-2)30-14-17-8-9-21-22(11-17)32-15-31-21/h3-12,16,24,27-28H,13-15H2,1-2H3. The number of ether oxygens (including phenoxy) is 4. The van der Waals surface area contributed by atoms with Gasteiger partial charge >= 0.3 is 0 Å². The number of halogens is 1. The van der Waals surface area contributed by atoms with Crippen LogP contribution in [0.5, 0.6) is 23.0 Å². The lowest BCUT2D eigenvalue weighted by Gasteiger charge is -2.21. The van der Waals surface area contributed by atoms with Crippen LogP contribution in [-0.4, -0.2) is 25.1 Å². The number of fused-ring (bicyclic) bond motifs is 1. The first kappa shape index (κ1) is 22.5. The van der Waals surface area contributed by atoms with E-state index in [1.165, 1.54) is 0 Å². The van der Waals surface area contributed by atoms with Gasteiger partial charge in [0.1, 0.15) is 6.61 Å². The van der Waals surface area contributed by atoms with E-state index in [1.54, 1.807) is 7.11 Å².